The molecule has 0 aliphatic carbocycles. The summed E-state index contributed by atoms with van der Waals surface area (Å²) in [4.78, 5) is 0. The molecule has 4 nitrogen and oxygen atoms in total. The van der Waals surface area contributed by atoms with Crippen LogP contribution in [0, 0.1) is 5.41 Å². The van der Waals surface area contributed by atoms with Crippen LogP contribution in [-0.2, 0) is 16.4 Å². The van der Waals surface area contributed by atoms with Gasteiger partial charge in [-0.1, -0.05) is 60.7 Å². The van der Waals surface area contributed by atoms with Gasteiger partial charge in [-0.25, -0.2) is 8.42 Å². The number of sulfonamides is 1. The number of rotatable bonds is 8. The highest BCUT2D eigenvalue weighted by atomic mass is 32.2. The van der Waals surface area contributed by atoms with Crippen LogP contribution in [0.1, 0.15) is 36.8 Å². The predicted octanol–water partition coefficient (Wildman–Crippen LogP) is 4.08. The lowest BCUT2D eigenvalue weighted by Gasteiger charge is -2.40. The minimum absolute atomic E-state index is 0.121. The fourth-order valence-electron chi connectivity index (χ4n) is 3.83. The molecule has 1 aliphatic rings. The normalized spacial score (nSPS) is 17.8. The molecule has 0 unspecified atom stereocenters. The summed E-state index contributed by atoms with van der Waals surface area (Å²) in [5.74, 6) is 0. The van der Waals surface area contributed by atoms with Crippen LogP contribution < -0.4 is 0 Å². The van der Waals surface area contributed by atoms with Crippen LogP contribution in [0.25, 0.3) is 6.08 Å². The van der Waals surface area contributed by atoms with E-state index < -0.39 is 10.0 Å². The standard InChI is InChI=1S/C23H29NO3S/c25-20-23(14-7-12-21-8-3-1-4-9-21)15-17-24(18-16-23)28(26,27)19-13-22-10-5-2-6-11-22/h1-6,8-11,13,19,25H,7,12,14-18,20H2. The lowest BCUT2D eigenvalue weighted by atomic mass is 9.75. The number of aliphatic hydroxyl groups is 1. The average Bonchev–Trinajstić information content (AvgIpc) is 2.74. The molecule has 0 saturated carbocycles. The van der Waals surface area contributed by atoms with Crippen LogP contribution in [0.15, 0.2) is 66.1 Å². The molecule has 0 bridgehead atoms. The van der Waals surface area contributed by atoms with Crippen LogP contribution in [0.3, 0.4) is 0 Å². The predicted molar refractivity (Wildman–Crippen MR) is 114 cm³/mol. The van der Waals surface area contributed by atoms with Gasteiger partial charge in [-0.05, 0) is 54.7 Å². The first-order valence-electron chi connectivity index (χ1n) is 9.91. The molecule has 28 heavy (non-hydrogen) atoms. The van der Waals surface area contributed by atoms with Gasteiger partial charge in [-0.2, -0.15) is 4.31 Å². The Morgan fingerprint density at radius 1 is 0.964 bits per heavy atom. The number of hydrogen-bond donors (Lipinski definition) is 1. The topological polar surface area (TPSA) is 57.6 Å². The molecular weight excluding hydrogens is 370 g/mol. The Labute approximate surface area is 168 Å². The first kappa shape index (κ1) is 20.8. The van der Waals surface area contributed by atoms with E-state index in [1.54, 1.807) is 6.08 Å². The molecule has 5 heteroatoms. The van der Waals surface area contributed by atoms with Gasteiger partial charge in [0, 0.05) is 25.1 Å². The van der Waals surface area contributed by atoms with Crippen molar-refractivity contribution in [1.82, 2.24) is 4.31 Å². The summed E-state index contributed by atoms with van der Waals surface area (Å²) in [5.41, 5.74) is 2.01. The van der Waals surface area contributed by atoms with E-state index in [2.05, 4.69) is 12.1 Å². The highest BCUT2D eigenvalue weighted by molar-refractivity contribution is 7.92. The average molecular weight is 400 g/mol. The van der Waals surface area contributed by atoms with E-state index >= 15 is 0 Å². The molecule has 2 aromatic rings. The lowest BCUT2D eigenvalue weighted by Crippen LogP contribution is -2.44. The van der Waals surface area contributed by atoms with Crippen LogP contribution in [0.2, 0.25) is 0 Å². The second-order valence-corrected chi connectivity index (χ2v) is 9.47. The van der Waals surface area contributed by atoms with Gasteiger partial charge >= 0.3 is 0 Å². The van der Waals surface area contributed by atoms with Crippen molar-refractivity contribution in [3.63, 3.8) is 0 Å². The van der Waals surface area contributed by atoms with E-state index in [9.17, 15) is 13.5 Å². The third-order valence-electron chi connectivity index (χ3n) is 5.73. The first-order chi connectivity index (χ1) is 13.5. The van der Waals surface area contributed by atoms with Crippen molar-refractivity contribution in [2.75, 3.05) is 19.7 Å². The SMILES string of the molecule is O=S(=O)(C=Cc1ccccc1)N1CCC(CO)(CCCc2ccccc2)CC1. The molecule has 1 N–H and O–H groups in total. The Balaban J connectivity index is 1.54. The number of benzene rings is 2. The summed E-state index contributed by atoms with van der Waals surface area (Å²) in [6.45, 7) is 1.05. The zero-order valence-electron chi connectivity index (χ0n) is 16.2. The molecular formula is C23H29NO3S. The number of piperidine rings is 1. The first-order valence-corrected chi connectivity index (χ1v) is 11.4. The maximum absolute atomic E-state index is 12.6. The number of hydrogen-bond acceptors (Lipinski definition) is 3. The number of aliphatic hydroxyl groups excluding tert-OH is 1. The second-order valence-electron chi connectivity index (χ2n) is 7.65. The van der Waals surface area contributed by atoms with Crippen molar-refractivity contribution >= 4 is 16.1 Å². The van der Waals surface area contributed by atoms with Crippen LogP contribution in [-0.4, -0.2) is 37.5 Å². The fourth-order valence-corrected chi connectivity index (χ4v) is 5.02. The third kappa shape index (κ3) is 5.53. The van der Waals surface area contributed by atoms with Gasteiger partial charge in [-0.3, -0.25) is 0 Å². The van der Waals surface area contributed by atoms with E-state index in [0.29, 0.717) is 25.9 Å². The van der Waals surface area contributed by atoms with Crippen molar-refractivity contribution in [2.24, 2.45) is 5.41 Å². The summed E-state index contributed by atoms with van der Waals surface area (Å²) in [5, 5.41) is 11.3. The summed E-state index contributed by atoms with van der Waals surface area (Å²) >= 11 is 0. The van der Waals surface area contributed by atoms with Gasteiger partial charge in [0.25, 0.3) is 0 Å². The van der Waals surface area contributed by atoms with Crippen molar-refractivity contribution < 1.29 is 13.5 Å². The Morgan fingerprint density at radius 3 is 2.18 bits per heavy atom. The highest BCUT2D eigenvalue weighted by Crippen LogP contribution is 2.37. The van der Waals surface area contributed by atoms with E-state index in [1.165, 1.54) is 15.3 Å². The maximum atomic E-state index is 12.6. The summed E-state index contributed by atoms with van der Waals surface area (Å²) in [7, 11) is -3.43. The van der Waals surface area contributed by atoms with Gasteiger partial charge in [0.1, 0.15) is 0 Å². The molecule has 2 aromatic carbocycles. The second kappa shape index (κ2) is 9.50. The van der Waals surface area contributed by atoms with E-state index in [-0.39, 0.29) is 12.0 Å². The van der Waals surface area contributed by atoms with Gasteiger partial charge in [0.15, 0.2) is 0 Å². The van der Waals surface area contributed by atoms with Gasteiger partial charge in [0.2, 0.25) is 10.0 Å². The molecule has 1 fully saturated rings. The minimum atomic E-state index is -3.43. The largest absolute Gasteiger partial charge is 0.396 e. The smallest absolute Gasteiger partial charge is 0.236 e. The summed E-state index contributed by atoms with van der Waals surface area (Å²) in [6.07, 6.45) is 5.97. The quantitative estimate of drug-likeness (QED) is 0.727. The Hall–Kier alpha value is -1.95. The lowest BCUT2D eigenvalue weighted by molar-refractivity contribution is 0.0587. The van der Waals surface area contributed by atoms with E-state index in [1.807, 2.05) is 48.5 Å². The van der Waals surface area contributed by atoms with Gasteiger partial charge in [0.05, 0.1) is 0 Å². The van der Waals surface area contributed by atoms with Gasteiger partial charge < -0.3 is 5.11 Å². The van der Waals surface area contributed by atoms with E-state index in [0.717, 1.165) is 24.8 Å². The van der Waals surface area contributed by atoms with Crippen molar-refractivity contribution in [3.8, 4) is 0 Å². The van der Waals surface area contributed by atoms with Gasteiger partial charge in [-0.15, -0.1) is 0 Å². The van der Waals surface area contributed by atoms with Crippen molar-refractivity contribution in [2.45, 2.75) is 32.1 Å². The van der Waals surface area contributed by atoms with Crippen LogP contribution in [0.4, 0.5) is 0 Å². The van der Waals surface area contributed by atoms with Crippen molar-refractivity contribution in [1.29, 1.82) is 0 Å². The highest BCUT2D eigenvalue weighted by Gasteiger charge is 2.36. The molecule has 0 spiro atoms. The molecule has 1 heterocycles. The molecule has 1 saturated heterocycles. The monoisotopic (exact) mass is 399 g/mol. The third-order valence-corrected chi connectivity index (χ3v) is 7.29. The van der Waals surface area contributed by atoms with Crippen LogP contribution >= 0.6 is 0 Å². The Morgan fingerprint density at radius 2 is 1.57 bits per heavy atom. The summed E-state index contributed by atoms with van der Waals surface area (Å²) < 4.78 is 26.8. The minimum Gasteiger partial charge on any atom is -0.396 e. The Bertz CT molecular complexity index is 855. The zero-order chi connectivity index (χ0) is 19.9. The molecule has 3 rings (SSSR count). The molecule has 150 valence electrons. The number of aryl methyl sites for hydroxylation is 1. The molecule has 1 aliphatic heterocycles. The zero-order valence-corrected chi connectivity index (χ0v) is 17.0. The maximum Gasteiger partial charge on any atom is 0.236 e. The molecule has 0 radical (unpaired) electrons. The fraction of sp³-hybridized carbons (Fsp3) is 0.391. The summed E-state index contributed by atoms with van der Waals surface area (Å²) in [6, 6.07) is 19.8. The van der Waals surface area contributed by atoms with Crippen molar-refractivity contribution in [3.05, 3.63) is 77.2 Å². The number of nitrogens with zero attached hydrogens (tertiary/aromatic N) is 1. The molecule has 0 atom stereocenters. The molecule has 0 aromatic heterocycles. The molecule has 0 amide bonds. The van der Waals surface area contributed by atoms with Crippen LogP contribution in [0.5, 0.6) is 0 Å². The van der Waals surface area contributed by atoms with E-state index in [4.69, 9.17) is 0 Å². The Kier molecular flexibility index (Phi) is 7.05.